The fraction of sp³-hybridized carbons (Fsp3) is 0.381. The molecule has 0 unspecified atom stereocenters. The number of nitrogens with zero attached hydrogens (tertiary/aromatic N) is 3. The Balaban J connectivity index is 1.24. The Bertz CT molecular complexity index is 742. The number of benzene rings is 2. The molecule has 1 fully saturated rings. The molecule has 2 aliphatic heterocycles. The summed E-state index contributed by atoms with van der Waals surface area (Å²) in [6.45, 7) is 5.73. The monoisotopic (exact) mass is 351 g/mol. The number of carbonyl (C=O) groups is 1. The van der Waals surface area contributed by atoms with Crippen molar-refractivity contribution < 1.29 is 9.53 Å². The molecule has 5 heteroatoms. The van der Waals surface area contributed by atoms with Gasteiger partial charge in [-0.1, -0.05) is 36.4 Å². The minimum Gasteiger partial charge on any atom is -0.492 e. The molecule has 136 valence electrons. The zero-order valence-corrected chi connectivity index (χ0v) is 15.0. The number of hydrogen-bond donors (Lipinski definition) is 0. The molecule has 0 spiro atoms. The normalized spacial score (nSPS) is 17.2. The van der Waals surface area contributed by atoms with Crippen LogP contribution in [0.5, 0.6) is 5.75 Å². The molecular weight excluding hydrogens is 326 g/mol. The number of ether oxygens (including phenoxy) is 1. The van der Waals surface area contributed by atoms with Gasteiger partial charge < -0.3 is 9.64 Å². The first-order valence-corrected chi connectivity index (χ1v) is 9.36. The Hall–Kier alpha value is -2.53. The molecule has 0 bridgehead atoms. The fourth-order valence-electron chi connectivity index (χ4n) is 3.68. The number of para-hydroxylation sites is 2. The molecule has 2 aromatic rings. The van der Waals surface area contributed by atoms with Crippen molar-refractivity contribution in [3.8, 4) is 5.75 Å². The van der Waals surface area contributed by atoms with Gasteiger partial charge in [0.2, 0.25) is 0 Å². The van der Waals surface area contributed by atoms with E-state index in [1.54, 1.807) is 0 Å². The van der Waals surface area contributed by atoms with Gasteiger partial charge in [0.15, 0.2) is 0 Å². The van der Waals surface area contributed by atoms with E-state index in [1.165, 1.54) is 5.56 Å². The summed E-state index contributed by atoms with van der Waals surface area (Å²) in [7, 11) is 0. The van der Waals surface area contributed by atoms with E-state index in [0.717, 1.165) is 57.1 Å². The SMILES string of the molecule is O=C(N1CCN(CCOc2ccccc2)CC1)N1CCc2ccccc21. The average Bonchev–Trinajstić information content (AvgIpc) is 3.13. The number of rotatable bonds is 4. The lowest BCUT2D eigenvalue weighted by atomic mass is 10.2. The molecule has 2 amide bonds. The van der Waals surface area contributed by atoms with Crippen LogP contribution in [0.15, 0.2) is 54.6 Å². The van der Waals surface area contributed by atoms with Crippen molar-refractivity contribution in [3.05, 3.63) is 60.2 Å². The van der Waals surface area contributed by atoms with Crippen molar-refractivity contribution in [1.82, 2.24) is 9.80 Å². The van der Waals surface area contributed by atoms with E-state index in [9.17, 15) is 4.79 Å². The van der Waals surface area contributed by atoms with Crippen LogP contribution in [-0.2, 0) is 6.42 Å². The van der Waals surface area contributed by atoms with Crippen LogP contribution in [-0.4, -0.2) is 61.7 Å². The third-order valence-corrected chi connectivity index (χ3v) is 5.18. The predicted octanol–water partition coefficient (Wildman–Crippen LogP) is 2.87. The van der Waals surface area contributed by atoms with Gasteiger partial charge in [-0.15, -0.1) is 0 Å². The van der Waals surface area contributed by atoms with Gasteiger partial charge in [0.1, 0.15) is 12.4 Å². The maximum atomic E-state index is 12.9. The molecule has 2 aliphatic rings. The van der Waals surface area contributed by atoms with Crippen LogP contribution in [0.4, 0.5) is 10.5 Å². The van der Waals surface area contributed by atoms with Crippen LogP contribution >= 0.6 is 0 Å². The van der Waals surface area contributed by atoms with E-state index in [4.69, 9.17) is 4.74 Å². The molecule has 26 heavy (non-hydrogen) atoms. The standard InChI is InChI=1S/C21H25N3O2/c25-21(24-11-10-18-6-4-5-9-20(18)24)23-14-12-22(13-15-23)16-17-26-19-7-2-1-3-8-19/h1-9H,10-17H2. The highest BCUT2D eigenvalue weighted by atomic mass is 16.5. The Morgan fingerprint density at radius 2 is 1.62 bits per heavy atom. The average molecular weight is 351 g/mol. The molecule has 0 saturated carbocycles. The molecule has 0 aliphatic carbocycles. The topological polar surface area (TPSA) is 36.0 Å². The number of piperazine rings is 1. The molecule has 2 aromatic carbocycles. The quantitative estimate of drug-likeness (QED) is 0.850. The van der Waals surface area contributed by atoms with E-state index in [0.29, 0.717) is 6.61 Å². The minimum absolute atomic E-state index is 0.148. The van der Waals surface area contributed by atoms with Gasteiger partial charge in [0.25, 0.3) is 0 Å². The Morgan fingerprint density at radius 3 is 2.42 bits per heavy atom. The van der Waals surface area contributed by atoms with Gasteiger partial charge in [0, 0.05) is 45.0 Å². The second-order valence-electron chi connectivity index (χ2n) is 6.80. The van der Waals surface area contributed by atoms with E-state index in [1.807, 2.05) is 52.3 Å². The summed E-state index contributed by atoms with van der Waals surface area (Å²) in [5.74, 6) is 0.911. The smallest absolute Gasteiger partial charge is 0.324 e. The molecule has 4 rings (SSSR count). The number of fused-ring (bicyclic) bond motifs is 1. The summed E-state index contributed by atoms with van der Waals surface area (Å²) in [4.78, 5) is 19.2. The Labute approximate surface area is 154 Å². The van der Waals surface area contributed by atoms with Crippen LogP contribution in [0.2, 0.25) is 0 Å². The van der Waals surface area contributed by atoms with Crippen molar-refractivity contribution in [1.29, 1.82) is 0 Å². The van der Waals surface area contributed by atoms with E-state index in [-0.39, 0.29) is 6.03 Å². The molecule has 0 atom stereocenters. The molecule has 2 heterocycles. The Morgan fingerprint density at radius 1 is 0.885 bits per heavy atom. The summed E-state index contributed by atoms with van der Waals surface area (Å²) < 4.78 is 5.77. The van der Waals surface area contributed by atoms with Gasteiger partial charge >= 0.3 is 6.03 Å². The first-order chi connectivity index (χ1) is 12.8. The second kappa shape index (κ2) is 7.79. The lowest BCUT2D eigenvalue weighted by Crippen LogP contribution is -2.53. The number of urea groups is 1. The highest BCUT2D eigenvalue weighted by Gasteiger charge is 2.29. The van der Waals surface area contributed by atoms with Crippen molar-refractivity contribution in [2.24, 2.45) is 0 Å². The molecule has 0 radical (unpaired) electrons. The van der Waals surface area contributed by atoms with Crippen molar-refractivity contribution in [3.63, 3.8) is 0 Å². The second-order valence-corrected chi connectivity index (χ2v) is 6.80. The molecule has 0 aromatic heterocycles. The number of hydrogen-bond acceptors (Lipinski definition) is 3. The first-order valence-electron chi connectivity index (χ1n) is 9.36. The summed E-state index contributed by atoms with van der Waals surface area (Å²) in [6.07, 6.45) is 0.957. The summed E-state index contributed by atoms with van der Waals surface area (Å²) in [5, 5.41) is 0. The van der Waals surface area contributed by atoms with Gasteiger partial charge in [-0.25, -0.2) is 4.79 Å². The van der Waals surface area contributed by atoms with Gasteiger partial charge in [0.05, 0.1) is 0 Å². The summed E-state index contributed by atoms with van der Waals surface area (Å²) >= 11 is 0. The predicted molar refractivity (Wildman–Crippen MR) is 103 cm³/mol. The van der Waals surface area contributed by atoms with Crippen LogP contribution in [0.25, 0.3) is 0 Å². The van der Waals surface area contributed by atoms with Gasteiger partial charge in [-0.2, -0.15) is 0 Å². The van der Waals surface area contributed by atoms with E-state index < -0.39 is 0 Å². The third-order valence-electron chi connectivity index (χ3n) is 5.18. The third kappa shape index (κ3) is 3.68. The first kappa shape index (κ1) is 16.9. The number of amides is 2. The number of carbonyl (C=O) groups excluding carboxylic acids is 1. The highest BCUT2D eigenvalue weighted by Crippen LogP contribution is 2.28. The van der Waals surface area contributed by atoms with Crippen molar-refractivity contribution in [2.45, 2.75) is 6.42 Å². The highest BCUT2D eigenvalue weighted by molar-refractivity contribution is 5.94. The van der Waals surface area contributed by atoms with Crippen LogP contribution < -0.4 is 9.64 Å². The van der Waals surface area contributed by atoms with Gasteiger partial charge in [-0.05, 0) is 30.2 Å². The number of anilines is 1. The maximum Gasteiger partial charge on any atom is 0.324 e. The van der Waals surface area contributed by atoms with Crippen LogP contribution in [0.1, 0.15) is 5.56 Å². The Kier molecular flexibility index (Phi) is 5.07. The molecule has 0 N–H and O–H groups in total. The molecular formula is C21H25N3O2. The summed E-state index contributed by atoms with van der Waals surface area (Å²) in [5.41, 5.74) is 2.36. The van der Waals surface area contributed by atoms with Crippen LogP contribution in [0, 0.1) is 0 Å². The zero-order chi connectivity index (χ0) is 17.8. The van der Waals surface area contributed by atoms with Crippen molar-refractivity contribution >= 4 is 11.7 Å². The fourth-order valence-corrected chi connectivity index (χ4v) is 3.68. The maximum absolute atomic E-state index is 12.9. The lowest BCUT2D eigenvalue weighted by Gasteiger charge is -2.36. The minimum atomic E-state index is 0.148. The van der Waals surface area contributed by atoms with E-state index >= 15 is 0 Å². The van der Waals surface area contributed by atoms with Crippen molar-refractivity contribution in [2.75, 3.05) is 50.8 Å². The largest absolute Gasteiger partial charge is 0.492 e. The zero-order valence-electron chi connectivity index (χ0n) is 15.0. The van der Waals surface area contributed by atoms with Crippen LogP contribution in [0.3, 0.4) is 0 Å². The summed E-state index contributed by atoms with van der Waals surface area (Å²) in [6, 6.07) is 18.3. The molecule has 1 saturated heterocycles. The van der Waals surface area contributed by atoms with Gasteiger partial charge in [-0.3, -0.25) is 9.80 Å². The lowest BCUT2D eigenvalue weighted by molar-refractivity contribution is 0.129. The molecule has 5 nitrogen and oxygen atoms in total. The van der Waals surface area contributed by atoms with E-state index in [2.05, 4.69) is 17.0 Å².